The number of nitrogens with zero attached hydrogens (tertiary/aromatic N) is 5. The Bertz CT molecular complexity index is 735. The molecule has 7 heteroatoms. The second kappa shape index (κ2) is 6.74. The van der Waals surface area contributed by atoms with Gasteiger partial charge in [-0.15, -0.1) is 0 Å². The third-order valence-corrected chi connectivity index (χ3v) is 5.27. The lowest BCUT2D eigenvalue weighted by Crippen LogP contribution is -2.52. The topological polar surface area (TPSA) is 66.3 Å². The van der Waals surface area contributed by atoms with Crippen molar-refractivity contribution in [1.82, 2.24) is 25.0 Å². The first-order valence-corrected chi connectivity index (χ1v) is 8.93. The number of hydrogen-bond donors (Lipinski definition) is 1. The first kappa shape index (κ1) is 15.9. The highest BCUT2D eigenvalue weighted by atomic mass is 16.2. The SMILES string of the molecule is Cn1ncc2c1CCCC2NC(=O)N1CCN(c2ccncc2)CC1. The van der Waals surface area contributed by atoms with Gasteiger partial charge in [0.1, 0.15) is 0 Å². The molecule has 0 bridgehead atoms. The summed E-state index contributed by atoms with van der Waals surface area (Å²) in [5.41, 5.74) is 3.60. The Morgan fingerprint density at radius 1 is 1.20 bits per heavy atom. The van der Waals surface area contributed by atoms with E-state index in [0.717, 1.165) is 45.4 Å². The number of rotatable bonds is 2. The molecule has 3 heterocycles. The molecule has 0 spiro atoms. The standard InChI is InChI=1S/C18H24N6O/c1-22-17-4-2-3-16(15(17)13-20-22)21-18(25)24-11-9-23(10-12-24)14-5-7-19-8-6-14/h5-8,13,16H,2-4,9-12H2,1H3,(H,21,25). The molecule has 2 aromatic rings. The van der Waals surface area contributed by atoms with E-state index in [1.54, 1.807) is 0 Å². The van der Waals surface area contributed by atoms with Gasteiger partial charge in [-0.05, 0) is 31.4 Å². The second-order valence-electron chi connectivity index (χ2n) is 6.74. The summed E-state index contributed by atoms with van der Waals surface area (Å²) in [6.45, 7) is 3.17. The molecule has 1 aliphatic heterocycles. The Hall–Kier alpha value is -2.57. The van der Waals surface area contributed by atoms with E-state index in [9.17, 15) is 4.79 Å². The number of pyridine rings is 1. The van der Waals surface area contributed by atoms with Crippen LogP contribution in [0.25, 0.3) is 0 Å². The highest BCUT2D eigenvalue weighted by Crippen LogP contribution is 2.29. The number of hydrogen-bond acceptors (Lipinski definition) is 4. The van der Waals surface area contributed by atoms with Crippen molar-refractivity contribution in [2.24, 2.45) is 7.05 Å². The number of aryl methyl sites for hydroxylation is 1. The average molecular weight is 340 g/mol. The summed E-state index contributed by atoms with van der Waals surface area (Å²) in [6.07, 6.45) is 8.64. The fraction of sp³-hybridized carbons (Fsp3) is 0.500. The molecule has 25 heavy (non-hydrogen) atoms. The zero-order valence-corrected chi connectivity index (χ0v) is 14.6. The van der Waals surface area contributed by atoms with Crippen LogP contribution in [-0.2, 0) is 13.5 Å². The zero-order chi connectivity index (χ0) is 17.2. The van der Waals surface area contributed by atoms with Gasteiger partial charge in [0, 0.05) is 62.6 Å². The molecular formula is C18H24N6O. The van der Waals surface area contributed by atoms with E-state index in [4.69, 9.17) is 0 Å². The molecule has 132 valence electrons. The van der Waals surface area contributed by atoms with Crippen molar-refractivity contribution in [3.8, 4) is 0 Å². The molecule has 1 N–H and O–H groups in total. The lowest BCUT2D eigenvalue weighted by molar-refractivity contribution is 0.189. The molecule has 1 atom stereocenters. The number of aromatic nitrogens is 3. The molecular weight excluding hydrogens is 316 g/mol. The number of amides is 2. The van der Waals surface area contributed by atoms with Gasteiger partial charge in [-0.1, -0.05) is 0 Å². The summed E-state index contributed by atoms with van der Waals surface area (Å²) < 4.78 is 1.93. The van der Waals surface area contributed by atoms with Gasteiger partial charge in [-0.25, -0.2) is 4.79 Å². The lowest BCUT2D eigenvalue weighted by Gasteiger charge is -2.37. The third-order valence-electron chi connectivity index (χ3n) is 5.27. The maximum Gasteiger partial charge on any atom is 0.318 e. The minimum Gasteiger partial charge on any atom is -0.368 e. The fourth-order valence-corrected chi connectivity index (χ4v) is 3.82. The van der Waals surface area contributed by atoms with Crippen molar-refractivity contribution < 1.29 is 4.79 Å². The molecule has 1 unspecified atom stereocenters. The van der Waals surface area contributed by atoms with Gasteiger partial charge in [0.05, 0.1) is 12.2 Å². The number of carbonyl (C=O) groups is 1. The molecule has 0 aromatic carbocycles. The third kappa shape index (κ3) is 3.18. The summed E-state index contributed by atoms with van der Waals surface area (Å²) in [5, 5.41) is 7.57. The first-order valence-electron chi connectivity index (χ1n) is 8.93. The largest absolute Gasteiger partial charge is 0.368 e. The maximum atomic E-state index is 12.7. The monoisotopic (exact) mass is 340 g/mol. The van der Waals surface area contributed by atoms with Crippen LogP contribution < -0.4 is 10.2 Å². The van der Waals surface area contributed by atoms with Gasteiger partial charge in [-0.3, -0.25) is 9.67 Å². The molecule has 2 amide bonds. The van der Waals surface area contributed by atoms with Gasteiger partial charge in [0.25, 0.3) is 0 Å². The van der Waals surface area contributed by atoms with Crippen LogP contribution in [0.2, 0.25) is 0 Å². The summed E-state index contributed by atoms with van der Waals surface area (Å²) in [5.74, 6) is 0. The second-order valence-corrected chi connectivity index (χ2v) is 6.74. The Kier molecular flexibility index (Phi) is 4.29. The summed E-state index contributed by atoms with van der Waals surface area (Å²) in [4.78, 5) is 21.0. The Balaban J connectivity index is 1.36. The van der Waals surface area contributed by atoms with Crippen LogP contribution in [0.1, 0.15) is 30.1 Å². The van der Waals surface area contributed by atoms with Crippen LogP contribution in [0, 0.1) is 0 Å². The number of anilines is 1. The van der Waals surface area contributed by atoms with Gasteiger partial charge in [0.15, 0.2) is 0 Å². The normalized spacial score (nSPS) is 20.3. The Morgan fingerprint density at radius 2 is 1.96 bits per heavy atom. The van der Waals surface area contributed by atoms with Crippen molar-refractivity contribution in [3.05, 3.63) is 42.0 Å². The molecule has 0 radical (unpaired) electrons. The van der Waals surface area contributed by atoms with E-state index in [2.05, 4.69) is 20.3 Å². The molecule has 1 aliphatic carbocycles. The van der Waals surface area contributed by atoms with E-state index >= 15 is 0 Å². The minimum atomic E-state index is 0.0380. The summed E-state index contributed by atoms with van der Waals surface area (Å²) >= 11 is 0. The van der Waals surface area contributed by atoms with Gasteiger partial charge in [0.2, 0.25) is 0 Å². The van der Waals surface area contributed by atoms with E-state index in [1.165, 1.54) is 16.9 Å². The maximum absolute atomic E-state index is 12.7. The summed E-state index contributed by atoms with van der Waals surface area (Å²) in [7, 11) is 1.97. The quantitative estimate of drug-likeness (QED) is 0.904. The average Bonchev–Trinajstić information content (AvgIpc) is 3.05. The van der Waals surface area contributed by atoms with Gasteiger partial charge >= 0.3 is 6.03 Å². The smallest absolute Gasteiger partial charge is 0.318 e. The molecule has 0 saturated carbocycles. The van der Waals surface area contributed by atoms with Crippen LogP contribution in [0.5, 0.6) is 0 Å². The molecule has 1 saturated heterocycles. The van der Waals surface area contributed by atoms with Crippen molar-refractivity contribution in [2.75, 3.05) is 31.1 Å². The number of carbonyl (C=O) groups excluding carboxylic acids is 1. The molecule has 2 aromatic heterocycles. The first-order chi connectivity index (χ1) is 12.2. The predicted octanol–water partition coefficient (Wildman–Crippen LogP) is 1.72. The highest BCUT2D eigenvalue weighted by molar-refractivity contribution is 5.75. The van der Waals surface area contributed by atoms with Crippen molar-refractivity contribution >= 4 is 11.7 Å². The Labute approximate surface area is 147 Å². The number of fused-ring (bicyclic) bond motifs is 1. The van der Waals surface area contributed by atoms with E-state index in [-0.39, 0.29) is 12.1 Å². The van der Waals surface area contributed by atoms with Crippen molar-refractivity contribution in [2.45, 2.75) is 25.3 Å². The number of nitrogens with one attached hydrogen (secondary N) is 1. The molecule has 4 rings (SSSR count). The summed E-state index contributed by atoms with van der Waals surface area (Å²) in [6, 6.07) is 4.16. The van der Waals surface area contributed by atoms with Crippen LogP contribution in [0.15, 0.2) is 30.7 Å². The van der Waals surface area contributed by atoms with Gasteiger partial charge < -0.3 is 15.1 Å². The highest BCUT2D eigenvalue weighted by Gasteiger charge is 2.28. The lowest BCUT2D eigenvalue weighted by atomic mass is 9.93. The molecule has 2 aliphatic rings. The fourth-order valence-electron chi connectivity index (χ4n) is 3.82. The molecule has 1 fully saturated rings. The van der Waals surface area contributed by atoms with E-state index in [1.807, 2.05) is 47.4 Å². The van der Waals surface area contributed by atoms with Crippen molar-refractivity contribution in [3.63, 3.8) is 0 Å². The van der Waals surface area contributed by atoms with E-state index < -0.39 is 0 Å². The Morgan fingerprint density at radius 3 is 2.72 bits per heavy atom. The van der Waals surface area contributed by atoms with Crippen LogP contribution in [0.4, 0.5) is 10.5 Å². The van der Waals surface area contributed by atoms with Crippen LogP contribution in [-0.4, -0.2) is 51.9 Å². The van der Waals surface area contributed by atoms with Crippen LogP contribution >= 0.6 is 0 Å². The van der Waals surface area contributed by atoms with Gasteiger partial charge in [-0.2, -0.15) is 5.10 Å². The number of urea groups is 1. The van der Waals surface area contributed by atoms with Crippen molar-refractivity contribution in [1.29, 1.82) is 0 Å². The zero-order valence-electron chi connectivity index (χ0n) is 14.6. The molecule has 7 nitrogen and oxygen atoms in total. The minimum absolute atomic E-state index is 0.0380. The van der Waals surface area contributed by atoms with E-state index in [0.29, 0.717) is 0 Å². The van der Waals surface area contributed by atoms with Crippen LogP contribution in [0.3, 0.4) is 0 Å². The number of piperazine rings is 1. The predicted molar refractivity (Wildman–Crippen MR) is 95.4 cm³/mol.